The minimum absolute atomic E-state index is 0.0311. The molecule has 11 aromatic rings. The second-order valence-electron chi connectivity index (χ2n) is 23.5. The van der Waals surface area contributed by atoms with Crippen LogP contribution in [0.5, 0.6) is 23.0 Å². The molecule has 0 unspecified atom stereocenters. The van der Waals surface area contributed by atoms with E-state index >= 15 is 0 Å². The van der Waals surface area contributed by atoms with E-state index in [4.69, 9.17) is 18.3 Å². The third kappa shape index (κ3) is 6.13. The monoisotopic (exact) mass is 962 g/mol. The fourth-order valence-electron chi connectivity index (χ4n) is 13.0. The van der Waals surface area contributed by atoms with Crippen molar-refractivity contribution >= 4 is 90.1 Å². The van der Waals surface area contributed by atoms with Crippen LogP contribution in [0.1, 0.15) is 83.6 Å². The molecule has 0 spiro atoms. The van der Waals surface area contributed by atoms with Crippen molar-refractivity contribution in [2.24, 2.45) is 0 Å². The lowest BCUT2D eigenvalue weighted by atomic mass is 9.43. The molecule has 3 aliphatic heterocycles. The molecular formula is C67H55BN2O4. The minimum atomic E-state index is -0.388. The lowest BCUT2D eigenvalue weighted by Gasteiger charge is -2.47. The fraction of sp³-hybridized carbons (Fsp3) is 0.194. The van der Waals surface area contributed by atoms with E-state index in [2.05, 4.69) is 205 Å². The largest absolute Gasteiger partial charge is 0.456 e. The van der Waals surface area contributed by atoms with E-state index in [0.717, 1.165) is 118 Å². The number of aryl methyl sites for hydroxylation is 1. The molecule has 0 atom stereocenters. The van der Waals surface area contributed by atoms with E-state index < -0.39 is 0 Å². The number of fused-ring (bicyclic) bond motifs is 14. The van der Waals surface area contributed by atoms with E-state index in [0.29, 0.717) is 23.0 Å². The Morgan fingerprint density at radius 1 is 0.486 bits per heavy atom. The molecule has 4 aliphatic rings. The van der Waals surface area contributed by atoms with Gasteiger partial charge >= 0.3 is 6.85 Å². The van der Waals surface area contributed by atoms with Crippen molar-refractivity contribution in [3.8, 4) is 45.3 Å². The summed E-state index contributed by atoms with van der Waals surface area (Å²) in [4.78, 5) is 5.15. The van der Waals surface area contributed by atoms with Crippen LogP contribution in [-0.2, 0) is 16.2 Å². The van der Waals surface area contributed by atoms with E-state index in [1.54, 1.807) is 0 Å². The van der Waals surface area contributed by atoms with Crippen LogP contribution in [0.4, 0.5) is 28.4 Å². The van der Waals surface area contributed by atoms with Gasteiger partial charge in [0.25, 0.3) is 0 Å². The quantitative estimate of drug-likeness (QED) is 0.164. The van der Waals surface area contributed by atoms with Crippen molar-refractivity contribution in [1.82, 2.24) is 0 Å². The summed E-state index contributed by atoms with van der Waals surface area (Å²) < 4.78 is 27.9. The lowest BCUT2D eigenvalue weighted by molar-refractivity contribution is 0.332. The maximum atomic E-state index is 7.25. The first-order valence-corrected chi connectivity index (χ1v) is 26.2. The molecule has 2 aromatic heterocycles. The van der Waals surface area contributed by atoms with Crippen LogP contribution in [0.2, 0.25) is 0 Å². The van der Waals surface area contributed by atoms with Crippen molar-refractivity contribution in [1.29, 1.82) is 0 Å². The summed E-state index contributed by atoms with van der Waals surface area (Å²) in [7, 11) is 0. The SMILES string of the molecule is Cc1cc2c(cc1N1c3cc4c(cc3B3c5c1cc1c(oc6ccccc61)c5-c1cc5c(cc1N3c1ccc(C(C)(C)C)cc1-c1ccccc1)oc1ccccc15)Oc1ccccc1O4)C(C)(C)CCC2(C)C. The number of ether oxygens (including phenoxy) is 2. The van der Waals surface area contributed by atoms with Crippen LogP contribution in [0.15, 0.2) is 173 Å². The Hall–Kier alpha value is -8.16. The molecule has 7 heteroatoms. The predicted molar refractivity (Wildman–Crippen MR) is 305 cm³/mol. The van der Waals surface area contributed by atoms with Gasteiger partial charge in [-0.25, -0.2) is 0 Å². The second kappa shape index (κ2) is 15.0. The number of benzene rings is 9. The van der Waals surface area contributed by atoms with Crippen LogP contribution in [-0.4, -0.2) is 6.85 Å². The van der Waals surface area contributed by atoms with Gasteiger partial charge in [-0.3, -0.25) is 0 Å². The highest BCUT2D eigenvalue weighted by molar-refractivity contribution is 6.94. The summed E-state index contributed by atoms with van der Waals surface area (Å²) in [5, 5.41) is 4.29. The van der Waals surface area contributed by atoms with Crippen molar-refractivity contribution < 1.29 is 18.3 Å². The van der Waals surface area contributed by atoms with Gasteiger partial charge in [-0.05, 0) is 135 Å². The van der Waals surface area contributed by atoms with Gasteiger partial charge in [0.2, 0.25) is 0 Å². The molecule has 0 fully saturated rings. The topological polar surface area (TPSA) is 51.2 Å². The molecule has 0 saturated heterocycles. The van der Waals surface area contributed by atoms with Crippen molar-refractivity contribution in [3.63, 3.8) is 0 Å². The zero-order valence-electron chi connectivity index (χ0n) is 43.1. The van der Waals surface area contributed by atoms with Crippen LogP contribution in [0, 0.1) is 6.92 Å². The molecule has 5 heterocycles. The van der Waals surface area contributed by atoms with Crippen molar-refractivity contribution in [3.05, 3.63) is 186 Å². The van der Waals surface area contributed by atoms with Gasteiger partial charge in [-0.1, -0.05) is 139 Å². The fourth-order valence-corrected chi connectivity index (χ4v) is 13.0. The number of anilines is 5. The molecule has 9 aromatic carbocycles. The molecule has 0 bridgehead atoms. The Labute approximate surface area is 431 Å². The van der Waals surface area contributed by atoms with Gasteiger partial charge < -0.3 is 28.0 Å². The Bertz CT molecular complexity index is 4230. The first kappa shape index (κ1) is 43.4. The zero-order valence-corrected chi connectivity index (χ0v) is 43.1. The summed E-state index contributed by atoms with van der Waals surface area (Å²) in [6, 6.07) is 59.5. The molecule has 360 valence electrons. The average Bonchev–Trinajstić information content (AvgIpc) is 4.12. The number of nitrogens with zero attached hydrogens (tertiary/aromatic N) is 2. The molecule has 0 saturated carbocycles. The Balaban J connectivity index is 1.13. The molecule has 0 amide bonds. The van der Waals surface area contributed by atoms with E-state index in [1.807, 2.05) is 24.3 Å². The first-order valence-electron chi connectivity index (χ1n) is 26.2. The Morgan fingerprint density at radius 2 is 1.12 bits per heavy atom. The molecular weight excluding hydrogens is 908 g/mol. The van der Waals surface area contributed by atoms with Gasteiger partial charge in [0.1, 0.15) is 22.3 Å². The maximum Gasteiger partial charge on any atom is 0.333 e. The third-order valence-electron chi connectivity index (χ3n) is 17.0. The van der Waals surface area contributed by atoms with Gasteiger partial charge in [0.15, 0.2) is 23.0 Å². The van der Waals surface area contributed by atoms with Crippen LogP contribution < -0.4 is 30.1 Å². The van der Waals surface area contributed by atoms with Gasteiger partial charge in [0.05, 0.1) is 0 Å². The highest BCUT2D eigenvalue weighted by Gasteiger charge is 2.49. The number of hydrogen-bond donors (Lipinski definition) is 0. The minimum Gasteiger partial charge on any atom is -0.456 e. The first-order chi connectivity index (χ1) is 35.7. The Morgan fingerprint density at radius 3 is 1.84 bits per heavy atom. The predicted octanol–water partition coefficient (Wildman–Crippen LogP) is 17.7. The highest BCUT2D eigenvalue weighted by atomic mass is 16.6. The van der Waals surface area contributed by atoms with Crippen molar-refractivity contribution in [2.45, 2.75) is 84.5 Å². The Kier molecular flexibility index (Phi) is 8.79. The average molecular weight is 963 g/mol. The van der Waals surface area contributed by atoms with Crippen LogP contribution in [0.25, 0.3) is 66.1 Å². The molecule has 1 aliphatic carbocycles. The van der Waals surface area contributed by atoms with Gasteiger partial charge in [-0.2, -0.15) is 0 Å². The number of rotatable bonds is 3. The maximum absolute atomic E-state index is 7.25. The standard InChI is InChI=1S/C67H55BN2O4/c1-38-30-47-48(67(7,8)29-28-66(47,5)6)34-51(38)69-53-37-61-60(72-57-24-16-17-25-58(57)73-61)35-49(53)68-63-54(69)33-45-42-21-13-15-23-56(42)74-64(45)62(63)46-32-44-41-20-12-14-22-55(41)71-59(44)36-52(46)70(68)50-27-26-40(65(2,3)4)31-43(50)39-18-10-9-11-19-39/h9-27,30-37H,28-29H2,1-8H3. The van der Waals surface area contributed by atoms with Crippen LogP contribution in [0.3, 0.4) is 0 Å². The summed E-state index contributed by atoms with van der Waals surface area (Å²) >= 11 is 0. The summed E-state index contributed by atoms with van der Waals surface area (Å²) in [6.07, 6.45) is 2.24. The highest BCUT2D eigenvalue weighted by Crippen LogP contribution is 2.57. The van der Waals surface area contributed by atoms with Gasteiger partial charge in [-0.15, -0.1) is 0 Å². The van der Waals surface area contributed by atoms with E-state index in [9.17, 15) is 0 Å². The lowest BCUT2D eigenvalue weighted by Crippen LogP contribution is -2.61. The molecule has 0 radical (unpaired) electrons. The molecule has 0 N–H and O–H groups in total. The summed E-state index contributed by atoms with van der Waals surface area (Å²) in [5.41, 5.74) is 20.7. The van der Waals surface area contributed by atoms with E-state index in [-0.39, 0.29) is 23.1 Å². The number of hydrogen-bond acceptors (Lipinski definition) is 6. The summed E-state index contributed by atoms with van der Waals surface area (Å²) in [6.45, 7) is 18.5. The number of furan rings is 2. The molecule has 15 rings (SSSR count). The third-order valence-corrected chi connectivity index (χ3v) is 17.0. The smallest absolute Gasteiger partial charge is 0.333 e. The van der Waals surface area contributed by atoms with Gasteiger partial charge in [0, 0.05) is 78.8 Å². The van der Waals surface area contributed by atoms with E-state index in [1.165, 1.54) is 22.3 Å². The molecule has 6 nitrogen and oxygen atoms in total. The number of para-hydroxylation sites is 4. The second-order valence-corrected chi connectivity index (χ2v) is 23.5. The van der Waals surface area contributed by atoms with Crippen LogP contribution >= 0.6 is 0 Å². The van der Waals surface area contributed by atoms with Crippen molar-refractivity contribution in [2.75, 3.05) is 9.71 Å². The molecule has 74 heavy (non-hydrogen) atoms. The zero-order chi connectivity index (χ0) is 50.2. The normalized spacial score (nSPS) is 15.8. The summed E-state index contributed by atoms with van der Waals surface area (Å²) in [5.74, 6) is 2.73.